The van der Waals surface area contributed by atoms with E-state index in [0.717, 1.165) is 17.5 Å². The van der Waals surface area contributed by atoms with E-state index < -0.39 is 0 Å². The molecule has 0 aliphatic heterocycles. The largest absolute Gasteiger partial charge is 0.206 e. The predicted molar refractivity (Wildman–Crippen MR) is 88.1 cm³/mol. The zero-order valence-electron chi connectivity index (χ0n) is 11.4. The lowest BCUT2D eigenvalue weighted by Crippen LogP contribution is -1.97. The van der Waals surface area contributed by atoms with Crippen molar-refractivity contribution in [3.8, 4) is 11.1 Å². The van der Waals surface area contributed by atoms with Gasteiger partial charge in [-0.3, -0.25) is 0 Å². The summed E-state index contributed by atoms with van der Waals surface area (Å²) >= 11 is 0. The van der Waals surface area contributed by atoms with Crippen LogP contribution in [0.25, 0.3) is 21.9 Å². The van der Waals surface area contributed by atoms with Gasteiger partial charge in [-0.05, 0) is 52.1 Å². The summed E-state index contributed by atoms with van der Waals surface area (Å²) < 4.78 is 13.3. The van der Waals surface area contributed by atoms with Crippen LogP contribution in [0.5, 0.6) is 0 Å². The van der Waals surface area contributed by atoms with Crippen molar-refractivity contribution in [3.05, 3.63) is 66.0 Å². The van der Waals surface area contributed by atoms with Crippen LogP contribution in [0.4, 0.5) is 4.39 Å². The molecule has 20 heavy (non-hydrogen) atoms. The number of hydrogen-bond donors (Lipinski definition) is 0. The third-order valence-corrected chi connectivity index (χ3v) is 4.08. The molecule has 0 saturated carbocycles. The molecule has 1 unspecified atom stereocenters. The molecule has 0 heterocycles. The highest BCUT2D eigenvalue weighted by Crippen LogP contribution is 2.25. The molecule has 1 atom stereocenters. The summed E-state index contributed by atoms with van der Waals surface area (Å²) in [5.41, 5.74) is 3.50. The van der Waals surface area contributed by atoms with E-state index in [0.29, 0.717) is 5.30 Å². The predicted octanol–water partition coefficient (Wildman–Crippen LogP) is 4.71. The van der Waals surface area contributed by atoms with Gasteiger partial charge in [-0.15, -0.1) is 9.24 Å². The van der Waals surface area contributed by atoms with Gasteiger partial charge in [0.1, 0.15) is 5.82 Å². The SMILES string of the molecule is CCc1ccc2cc(-c3ccc(F)c(P)c3)ccc2c1. The van der Waals surface area contributed by atoms with Crippen LogP contribution in [-0.4, -0.2) is 0 Å². The maximum atomic E-state index is 13.3. The molecule has 0 aliphatic carbocycles. The molecule has 0 N–H and O–H groups in total. The molecule has 2 heteroatoms. The van der Waals surface area contributed by atoms with E-state index >= 15 is 0 Å². The smallest absolute Gasteiger partial charge is 0.130 e. The van der Waals surface area contributed by atoms with Crippen LogP contribution >= 0.6 is 9.24 Å². The first-order chi connectivity index (χ1) is 9.67. The second-order valence-electron chi connectivity index (χ2n) is 4.99. The quantitative estimate of drug-likeness (QED) is 0.597. The molecule has 0 aliphatic rings. The minimum absolute atomic E-state index is 0.188. The summed E-state index contributed by atoms with van der Waals surface area (Å²) in [7, 11) is 2.44. The van der Waals surface area contributed by atoms with Gasteiger partial charge >= 0.3 is 0 Å². The summed E-state index contributed by atoms with van der Waals surface area (Å²) in [5, 5.41) is 3.07. The molecule has 0 amide bonds. The summed E-state index contributed by atoms with van der Waals surface area (Å²) in [5.74, 6) is -0.188. The van der Waals surface area contributed by atoms with Crippen LogP contribution in [-0.2, 0) is 6.42 Å². The highest BCUT2D eigenvalue weighted by molar-refractivity contribution is 7.27. The Hall–Kier alpha value is -1.72. The molecule has 3 rings (SSSR count). The monoisotopic (exact) mass is 282 g/mol. The van der Waals surface area contributed by atoms with Crippen molar-refractivity contribution in [1.29, 1.82) is 0 Å². The van der Waals surface area contributed by atoms with E-state index in [9.17, 15) is 4.39 Å². The molecule has 0 nitrogen and oxygen atoms in total. The lowest BCUT2D eigenvalue weighted by molar-refractivity contribution is 0.637. The van der Waals surface area contributed by atoms with Gasteiger partial charge in [-0.25, -0.2) is 4.39 Å². The Labute approximate surface area is 120 Å². The summed E-state index contributed by atoms with van der Waals surface area (Å²) in [6.45, 7) is 2.16. The van der Waals surface area contributed by atoms with Crippen LogP contribution in [0.3, 0.4) is 0 Å². The Kier molecular flexibility index (Phi) is 3.54. The third-order valence-electron chi connectivity index (χ3n) is 3.64. The fourth-order valence-corrected chi connectivity index (χ4v) is 2.69. The van der Waals surface area contributed by atoms with Crippen molar-refractivity contribution in [2.45, 2.75) is 13.3 Å². The molecule has 0 saturated heterocycles. The number of fused-ring (bicyclic) bond motifs is 1. The second-order valence-corrected chi connectivity index (χ2v) is 5.61. The van der Waals surface area contributed by atoms with E-state index in [2.05, 4.69) is 52.6 Å². The Balaban J connectivity index is 2.10. The first-order valence-electron chi connectivity index (χ1n) is 6.75. The van der Waals surface area contributed by atoms with Crippen molar-refractivity contribution >= 4 is 25.3 Å². The van der Waals surface area contributed by atoms with Crippen molar-refractivity contribution < 1.29 is 4.39 Å². The Bertz CT molecular complexity index is 777. The summed E-state index contributed by atoms with van der Waals surface area (Å²) in [6.07, 6.45) is 1.05. The minimum Gasteiger partial charge on any atom is -0.206 e. The molecule has 0 aromatic heterocycles. The third kappa shape index (κ3) is 2.46. The van der Waals surface area contributed by atoms with Crippen LogP contribution in [0.1, 0.15) is 12.5 Å². The molecule has 0 spiro atoms. The fraction of sp³-hybridized carbons (Fsp3) is 0.111. The van der Waals surface area contributed by atoms with E-state index in [-0.39, 0.29) is 5.82 Å². The molecular weight excluding hydrogens is 266 g/mol. The average molecular weight is 282 g/mol. The van der Waals surface area contributed by atoms with Crippen molar-refractivity contribution in [1.82, 2.24) is 0 Å². The van der Waals surface area contributed by atoms with E-state index in [4.69, 9.17) is 0 Å². The van der Waals surface area contributed by atoms with Gasteiger partial charge in [0, 0.05) is 5.30 Å². The highest BCUT2D eigenvalue weighted by atomic mass is 31.0. The highest BCUT2D eigenvalue weighted by Gasteiger charge is 2.03. The van der Waals surface area contributed by atoms with E-state index in [1.165, 1.54) is 22.4 Å². The van der Waals surface area contributed by atoms with Gasteiger partial charge in [0.15, 0.2) is 0 Å². The zero-order valence-corrected chi connectivity index (χ0v) is 12.5. The van der Waals surface area contributed by atoms with E-state index in [1.807, 2.05) is 12.1 Å². The van der Waals surface area contributed by atoms with Gasteiger partial charge < -0.3 is 0 Å². The Morgan fingerprint density at radius 2 is 1.50 bits per heavy atom. The summed E-state index contributed by atoms with van der Waals surface area (Å²) in [6, 6.07) is 18.1. The molecule has 0 bridgehead atoms. The molecule has 0 radical (unpaired) electrons. The standard InChI is InChI=1S/C18H16FP/c1-2-12-3-4-14-10-15(6-5-13(14)9-12)16-7-8-17(19)18(20)11-16/h3-11H,2,20H2,1H3. The van der Waals surface area contributed by atoms with Crippen LogP contribution in [0.15, 0.2) is 54.6 Å². The minimum atomic E-state index is -0.188. The second kappa shape index (κ2) is 5.34. The van der Waals surface area contributed by atoms with Crippen molar-refractivity contribution in [2.24, 2.45) is 0 Å². The van der Waals surface area contributed by atoms with Gasteiger partial charge in [-0.1, -0.05) is 43.3 Å². The van der Waals surface area contributed by atoms with Crippen molar-refractivity contribution in [2.75, 3.05) is 0 Å². The first-order valence-corrected chi connectivity index (χ1v) is 7.33. The Morgan fingerprint density at radius 3 is 2.25 bits per heavy atom. The molecular formula is C18H16FP. The van der Waals surface area contributed by atoms with Crippen LogP contribution < -0.4 is 5.30 Å². The molecule has 100 valence electrons. The normalized spacial score (nSPS) is 10.9. The number of halogens is 1. The fourth-order valence-electron chi connectivity index (χ4n) is 2.42. The lowest BCUT2D eigenvalue weighted by Gasteiger charge is -2.07. The zero-order chi connectivity index (χ0) is 14.1. The number of rotatable bonds is 2. The number of benzene rings is 3. The van der Waals surface area contributed by atoms with Crippen LogP contribution in [0, 0.1) is 5.82 Å². The van der Waals surface area contributed by atoms with Crippen LogP contribution in [0.2, 0.25) is 0 Å². The van der Waals surface area contributed by atoms with Gasteiger partial charge in [-0.2, -0.15) is 0 Å². The number of hydrogen-bond acceptors (Lipinski definition) is 0. The number of aryl methyl sites for hydroxylation is 1. The summed E-state index contributed by atoms with van der Waals surface area (Å²) in [4.78, 5) is 0. The van der Waals surface area contributed by atoms with Crippen molar-refractivity contribution in [3.63, 3.8) is 0 Å². The van der Waals surface area contributed by atoms with E-state index in [1.54, 1.807) is 0 Å². The Morgan fingerprint density at radius 1 is 0.850 bits per heavy atom. The molecule has 3 aromatic carbocycles. The first kappa shape index (κ1) is 13.3. The lowest BCUT2D eigenvalue weighted by atomic mass is 9.99. The van der Waals surface area contributed by atoms with Gasteiger partial charge in [0.05, 0.1) is 0 Å². The average Bonchev–Trinajstić information content (AvgIpc) is 2.49. The van der Waals surface area contributed by atoms with Gasteiger partial charge in [0.25, 0.3) is 0 Å². The van der Waals surface area contributed by atoms with Gasteiger partial charge in [0.2, 0.25) is 0 Å². The topological polar surface area (TPSA) is 0 Å². The maximum Gasteiger partial charge on any atom is 0.130 e. The molecule has 3 aromatic rings. The molecule has 0 fully saturated rings. The maximum absolute atomic E-state index is 13.3.